The summed E-state index contributed by atoms with van der Waals surface area (Å²) in [6.07, 6.45) is 0. The van der Waals surface area contributed by atoms with E-state index in [4.69, 9.17) is 27.8 Å². The van der Waals surface area contributed by atoms with E-state index >= 15 is 0 Å². The molecule has 0 aliphatic carbocycles. The second-order valence-electron chi connectivity index (χ2n) is 4.14. The molecule has 2 aromatic rings. The fourth-order valence-corrected chi connectivity index (χ4v) is 1.91. The molecule has 6 heteroatoms. The van der Waals surface area contributed by atoms with Crippen LogP contribution in [0.5, 0.6) is 5.75 Å². The molecule has 20 heavy (non-hydrogen) atoms. The van der Waals surface area contributed by atoms with Crippen molar-refractivity contribution in [3.8, 4) is 5.75 Å². The Balaban J connectivity index is 2.34. The largest absolute Gasteiger partial charge is 0.495 e. The van der Waals surface area contributed by atoms with Gasteiger partial charge in [0.25, 0.3) is 0 Å². The second kappa shape index (κ2) is 5.71. The fraction of sp³-hybridized carbons (Fsp3) is 0.0714. The van der Waals surface area contributed by atoms with Crippen LogP contribution in [0.2, 0.25) is 5.02 Å². The number of hydrogen-bond donors (Lipinski definition) is 3. The van der Waals surface area contributed by atoms with Crippen molar-refractivity contribution in [3.63, 3.8) is 0 Å². The molecule has 0 atom stereocenters. The van der Waals surface area contributed by atoms with Gasteiger partial charge >= 0.3 is 0 Å². The Morgan fingerprint density at radius 2 is 2.00 bits per heavy atom. The van der Waals surface area contributed by atoms with Crippen LogP contribution in [0.15, 0.2) is 36.4 Å². The average molecular weight is 292 g/mol. The van der Waals surface area contributed by atoms with Crippen LogP contribution in [-0.4, -0.2) is 13.0 Å². The molecular weight excluding hydrogens is 278 g/mol. The van der Waals surface area contributed by atoms with Crippen molar-refractivity contribution in [3.05, 3.63) is 47.0 Å². The summed E-state index contributed by atoms with van der Waals surface area (Å²) in [6, 6.07) is 10.0. The van der Waals surface area contributed by atoms with E-state index in [1.807, 2.05) is 0 Å². The molecular formula is C14H14ClN3O2. The molecule has 104 valence electrons. The molecule has 2 aromatic carbocycles. The molecule has 0 radical (unpaired) electrons. The Morgan fingerprint density at radius 1 is 1.25 bits per heavy atom. The van der Waals surface area contributed by atoms with Crippen LogP contribution in [-0.2, 0) is 0 Å². The van der Waals surface area contributed by atoms with Gasteiger partial charge in [0.05, 0.1) is 23.5 Å². The minimum Gasteiger partial charge on any atom is -0.495 e. The van der Waals surface area contributed by atoms with Crippen molar-refractivity contribution in [1.29, 1.82) is 0 Å². The van der Waals surface area contributed by atoms with Crippen LogP contribution < -0.4 is 21.5 Å². The van der Waals surface area contributed by atoms with Gasteiger partial charge in [-0.15, -0.1) is 0 Å². The van der Waals surface area contributed by atoms with Crippen LogP contribution in [0.25, 0.3) is 0 Å². The van der Waals surface area contributed by atoms with Crippen molar-refractivity contribution >= 4 is 34.6 Å². The van der Waals surface area contributed by atoms with E-state index in [0.29, 0.717) is 27.7 Å². The predicted molar refractivity (Wildman–Crippen MR) is 80.7 cm³/mol. The van der Waals surface area contributed by atoms with Gasteiger partial charge in [0.1, 0.15) is 5.75 Å². The normalized spacial score (nSPS) is 10.1. The highest BCUT2D eigenvalue weighted by atomic mass is 35.5. The van der Waals surface area contributed by atoms with Crippen LogP contribution in [0.4, 0.5) is 17.1 Å². The lowest BCUT2D eigenvalue weighted by molar-refractivity contribution is 0.100. The van der Waals surface area contributed by atoms with Crippen LogP contribution >= 0.6 is 11.6 Å². The van der Waals surface area contributed by atoms with Crippen molar-refractivity contribution in [2.45, 2.75) is 0 Å². The Morgan fingerprint density at radius 3 is 2.65 bits per heavy atom. The maximum atomic E-state index is 11.2. The van der Waals surface area contributed by atoms with Gasteiger partial charge in [-0.05, 0) is 30.3 Å². The van der Waals surface area contributed by atoms with Crippen LogP contribution in [0.3, 0.4) is 0 Å². The molecule has 0 aromatic heterocycles. The van der Waals surface area contributed by atoms with E-state index in [9.17, 15) is 4.79 Å². The highest BCUT2D eigenvalue weighted by molar-refractivity contribution is 6.32. The summed E-state index contributed by atoms with van der Waals surface area (Å²) in [6.45, 7) is 0. The lowest BCUT2D eigenvalue weighted by atomic mass is 10.1. The minimum absolute atomic E-state index is 0.377. The summed E-state index contributed by atoms with van der Waals surface area (Å²) >= 11 is 5.96. The summed E-state index contributed by atoms with van der Waals surface area (Å²) in [4.78, 5) is 11.2. The van der Waals surface area contributed by atoms with Gasteiger partial charge in [-0.1, -0.05) is 11.6 Å². The van der Waals surface area contributed by atoms with Gasteiger partial charge in [-0.2, -0.15) is 0 Å². The first kappa shape index (κ1) is 14.0. The third-order valence-electron chi connectivity index (χ3n) is 2.77. The number of carbonyl (C=O) groups is 1. The van der Waals surface area contributed by atoms with Crippen molar-refractivity contribution in [2.75, 3.05) is 18.2 Å². The topological polar surface area (TPSA) is 90.4 Å². The summed E-state index contributed by atoms with van der Waals surface area (Å²) in [7, 11) is 1.53. The number of nitrogens with one attached hydrogen (secondary N) is 1. The number of rotatable bonds is 4. The molecule has 5 N–H and O–H groups in total. The quantitative estimate of drug-likeness (QED) is 0.756. The molecule has 0 saturated carbocycles. The number of ether oxygens (including phenoxy) is 1. The summed E-state index contributed by atoms with van der Waals surface area (Å²) in [5, 5.41) is 3.61. The molecule has 0 unspecified atom stereocenters. The monoisotopic (exact) mass is 291 g/mol. The number of hydrogen-bond acceptors (Lipinski definition) is 4. The van der Waals surface area contributed by atoms with Gasteiger partial charge in [-0.25, -0.2) is 0 Å². The van der Waals surface area contributed by atoms with Gasteiger partial charge in [0, 0.05) is 17.3 Å². The number of nitrogens with two attached hydrogens (primary N) is 2. The molecule has 0 spiro atoms. The first-order valence-corrected chi connectivity index (χ1v) is 6.19. The standard InChI is InChI=1S/C14H14ClN3O2/c1-20-13-7-9(3-4-10(13)15)18-12-6-8(14(17)19)2-5-11(12)16/h2-7,18H,16H2,1H3,(H2,17,19). The van der Waals surface area contributed by atoms with Crippen LogP contribution in [0, 0.1) is 0 Å². The number of anilines is 3. The Labute approximate surface area is 121 Å². The number of amides is 1. The molecule has 0 aliphatic rings. The Hall–Kier alpha value is -2.40. The number of halogens is 1. The van der Waals surface area contributed by atoms with E-state index < -0.39 is 5.91 Å². The number of benzene rings is 2. The first-order valence-electron chi connectivity index (χ1n) is 5.81. The molecule has 0 heterocycles. The highest BCUT2D eigenvalue weighted by Crippen LogP contribution is 2.30. The van der Waals surface area contributed by atoms with Gasteiger partial charge < -0.3 is 21.5 Å². The predicted octanol–water partition coefficient (Wildman–Crippen LogP) is 2.77. The smallest absolute Gasteiger partial charge is 0.248 e. The maximum absolute atomic E-state index is 11.2. The average Bonchev–Trinajstić information content (AvgIpc) is 2.43. The second-order valence-corrected chi connectivity index (χ2v) is 4.55. The molecule has 0 aliphatic heterocycles. The van der Waals surface area contributed by atoms with Crippen molar-refractivity contribution in [1.82, 2.24) is 0 Å². The van der Waals surface area contributed by atoms with E-state index in [-0.39, 0.29) is 0 Å². The number of primary amides is 1. The van der Waals surface area contributed by atoms with E-state index in [1.165, 1.54) is 7.11 Å². The van der Waals surface area contributed by atoms with Crippen LogP contribution in [0.1, 0.15) is 10.4 Å². The zero-order valence-electron chi connectivity index (χ0n) is 10.8. The van der Waals surface area contributed by atoms with Gasteiger partial charge in [0.2, 0.25) is 5.91 Å². The maximum Gasteiger partial charge on any atom is 0.248 e. The van der Waals surface area contributed by atoms with Gasteiger partial charge in [-0.3, -0.25) is 4.79 Å². The zero-order chi connectivity index (χ0) is 14.7. The molecule has 0 saturated heterocycles. The molecule has 0 bridgehead atoms. The Kier molecular flexibility index (Phi) is 4.00. The molecule has 1 amide bonds. The van der Waals surface area contributed by atoms with E-state index in [1.54, 1.807) is 36.4 Å². The highest BCUT2D eigenvalue weighted by Gasteiger charge is 2.07. The van der Waals surface area contributed by atoms with E-state index in [2.05, 4.69) is 5.32 Å². The Bertz CT molecular complexity index is 659. The molecule has 2 rings (SSSR count). The number of carbonyl (C=O) groups excluding carboxylic acids is 1. The number of nitrogen functional groups attached to an aromatic ring is 1. The third-order valence-corrected chi connectivity index (χ3v) is 3.08. The first-order chi connectivity index (χ1) is 9.51. The fourth-order valence-electron chi connectivity index (χ4n) is 1.71. The molecule has 0 fully saturated rings. The van der Waals surface area contributed by atoms with Gasteiger partial charge in [0.15, 0.2) is 0 Å². The van der Waals surface area contributed by atoms with Crippen molar-refractivity contribution < 1.29 is 9.53 Å². The third kappa shape index (κ3) is 2.95. The summed E-state index contributed by atoms with van der Waals surface area (Å²) < 4.78 is 5.14. The number of methoxy groups -OCH3 is 1. The summed E-state index contributed by atoms with van der Waals surface area (Å²) in [5.41, 5.74) is 13.3. The minimum atomic E-state index is -0.512. The zero-order valence-corrected chi connectivity index (χ0v) is 11.6. The SMILES string of the molecule is COc1cc(Nc2cc(C(N)=O)ccc2N)ccc1Cl. The van der Waals surface area contributed by atoms with E-state index in [0.717, 1.165) is 5.69 Å². The summed E-state index contributed by atoms with van der Waals surface area (Å²) in [5.74, 6) is 0.0306. The lowest BCUT2D eigenvalue weighted by Crippen LogP contribution is -2.11. The molecule has 5 nitrogen and oxygen atoms in total. The van der Waals surface area contributed by atoms with Crippen molar-refractivity contribution in [2.24, 2.45) is 5.73 Å². The lowest BCUT2D eigenvalue weighted by Gasteiger charge is -2.12.